The lowest BCUT2D eigenvalue weighted by molar-refractivity contribution is -0.870. The molecule has 0 bridgehead atoms. The van der Waals surface area contributed by atoms with Gasteiger partial charge >= 0.3 is 13.8 Å². The summed E-state index contributed by atoms with van der Waals surface area (Å²) in [5.41, 5.74) is 0. The molecule has 9 nitrogen and oxygen atoms in total. The molecule has 0 aliphatic rings. The molecule has 0 aliphatic carbocycles. The fraction of sp³-hybridized carbons (Fsp3) is 0.655. The van der Waals surface area contributed by atoms with E-state index < -0.39 is 25.9 Å². The molecule has 0 saturated carbocycles. The Morgan fingerprint density at radius 1 is 0.544 bits per heavy atom. The zero-order valence-corrected chi connectivity index (χ0v) is 44.9. The summed E-state index contributed by atoms with van der Waals surface area (Å²) in [6, 6.07) is -0.887. The van der Waals surface area contributed by atoms with Crippen LogP contribution in [0.3, 0.4) is 0 Å². The van der Waals surface area contributed by atoms with Gasteiger partial charge in [0.05, 0.1) is 33.8 Å². The smallest absolute Gasteiger partial charge is 0.456 e. The number of nitrogens with one attached hydrogen (secondary N) is 1. The number of hydrogen-bond donors (Lipinski definition) is 2. The molecule has 0 rings (SSSR count). The molecule has 3 unspecified atom stereocenters. The molecule has 3 atom stereocenters. The van der Waals surface area contributed by atoms with Crippen LogP contribution in [0.25, 0.3) is 0 Å². The van der Waals surface area contributed by atoms with Crippen molar-refractivity contribution in [1.29, 1.82) is 0 Å². The molecule has 0 radical (unpaired) electrons. The molecule has 68 heavy (non-hydrogen) atoms. The Morgan fingerprint density at radius 3 is 1.59 bits per heavy atom. The second-order valence-corrected chi connectivity index (χ2v) is 20.1. The van der Waals surface area contributed by atoms with Crippen molar-refractivity contribution in [2.75, 3.05) is 40.9 Å². The first-order chi connectivity index (χ1) is 32.9. The molecular formula is C58H100N2O7P+. The quantitative estimate of drug-likeness (QED) is 0.0156. The van der Waals surface area contributed by atoms with E-state index in [0.717, 1.165) is 96.3 Å². The highest BCUT2D eigenvalue weighted by molar-refractivity contribution is 7.47. The number of hydrogen-bond acceptors (Lipinski definition) is 6. The van der Waals surface area contributed by atoms with Crippen LogP contribution < -0.4 is 5.32 Å². The van der Waals surface area contributed by atoms with E-state index in [-0.39, 0.29) is 25.5 Å². The number of amides is 1. The number of nitrogens with zero attached hydrogens (tertiary/aromatic N) is 1. The Kier molecular flexibility index (Phi) is 45.0. The lowest BCUT2D eigenvalue weighted by atomic mass is 10.0. The SMILES string of the molecule is CC/C=C\C/C=C\C/C=C\C/C=C\C/C=C\CCCC(=O)OC(/C=C/CCCCCCCCCCCC)C(COP(=O)(O)OCC[N+](C)(C)C)NC(=O)CCCCCCC\C=C/C=C/C=C/CC. The largest absolute Gasteiger partial charge is 0.472 e. The molecule has 0 spiro atoms. The Labute approximate surface area is 417 Å². The first-order valence-corrected chi connectivity index (χ1v) is 28.2. The number of allylic oxidation sites excluding steroid dienone is 17. The number of carbonyl (C=O) groups is 2. The third kappa shape index (κ3) is 47.7. The summed E-state index contributed by atoms with van der Waals surface area (Å²) in [5.74, 6) is -0.609. The van der Waals surface area contributed by atoms with Crippen LogP contribution in [-0.4, -0.2) is 74.3 Å². The zero-order valence-electron chi connectivity index (χ0n) is 44.1. The van der Waals surface area contributed by atoms with Gasteiger partial charge in [-0.1, -0.05) is 201 Å². The third-order valence-electron chi connectivity index (χ3n) is 11.0. The van der Waals surface area contributed by atoms with E-state index in [0.29, 0.717) is 30.3 Å². The van der Waals surface area contributed by atoms with Crippen LogP contribution in [0.15, 0.2) is 109 Å². The fourth-order valence-corrected chi connectivity index (χ4v) is 7.65. The molecule has 0 aromatic rings. The molecule has 0 fully saturated rings. The van der Waals surface area contributed by atoms with Crippen LogP contribution in [0.2, 0.25) is 0 Å². The van der Waals surface area contributed by atoms with Gasteiger partial charge in [-0.3, -0.25) is 18.6 Å². The van der Waals surface area contributed by atoms with E-state index in [9.17, 15) is 19.0 Å². The van der Waals surface area contributed by atoms with Crippen LogP contribution in [0.1, 0.15) is 194 Å². The molecule has 1 amide bonds. The standard InChI is InChI=1S/C58H99N2O7P/c1-7-10-13-16-19-22-25-28-29-30-31-33-36-39-42-45-48-51-58(62)67-56(49-46-43-40-37-34-27-24-21-18-15-12-9-3)55(54-66-68(63,64)65-53-52-60(4,5)6)59-57(61)50-47-44-41-38-35-32-26-23-20-17-14-11-8-2/h10-11,13-14,17,19-20,22-23,26,28-29,31,33,39,42,46,49,55-56H,7-9,12,15-16,18,21,24-25,27,30,32,34-38,40-41,43-45,47-48,50-54H2,1-6H3,(H-,59,61,63,64)/p+1/b13-10-,14-11+,20-17+,22-19-,26-23-,29-28-,33-31-,42-39-,49-46+. The predicted molar refractivity (Wildman–Crippen MR) is 290 cm³/mol. The van der Waals surface area contributed by atoms with E-state index in [1.807, 2.05) is 39.4 Å². The van der Waals surface area contributed by atoms with Gasteiger partial charge in [-0.05, 0) is 89.5 Å². The monoisotopic (exact) mass is 968 g/mol. The number of carbonyl (C=O) groups excluding carboxylic acids is 2. The molecular weight excluding hydrogens is 868 g/mol. The third-order valence-corrected chi connectivity index (χ3v) is 12.0. The molecule has 2 N–H and O–H groups in total. The van der Waals surface area contributed by atoms with Gasteiger partial charge in [0.25, 0.3) is 0 Å². The maximum Gasteiger partial charge on any atom is 0.472 e. The van der Waals surface area contributed by atoms with Crippen molar-refractivity contribution in [1.82, 2.24) is 5.32 Å². The second kappa shape index (κ2) is 47.4. The minimum absolute atomic E-state index is 0.0212. The summed E-state index contributed by atoms with van der Waals surface area (Å²) in [7, 11) is 1.43. The van der Waals surface area contributed by atoms with E-state index >= 15 is 0 Å². The lowest BCUT2D eigenvalue weighted by Crippen LogP contribution is -2.47. The van der Waals surface area contributed by atoms with Crippen LogP contribution in [0.4, 0.5) is 0 Å². The van der Waals surface area contributed by atoms with Gasteiger partial charge in [-0.2, -0.15) is 0 Å². The number of quaternary nitrogens is 1. The Hall–Kier alpha value is -3.33. The summed E-state index contributed by atoms with van der Waals surface area (Å²) >= 11 is 0. The van der Waals surface area contributed by atoms with Gasteiger partial charge in [0.15, 0.2) is 0 Å². The summed E-state index contributed by atoms with van der Waals surface area (Å²) in [4.78, 5) is 37.4. The number of likely N-dealkylation sites (N-methyl/N-ethyl adjacent to an activating group) is 1. The van der Waals surface area contributed by atoms with Gasteiger partial charge in [-0.25, -0.2) is 4.57 Å². The van der Waals surface area contributed by atoms with Gasteiger partial charge in [0.2, 0.25) is 5.91 Å². The Morgan fingerprint density at radius 2 is 1.03 bits per heavy atom. The highest BCUT2D eigenvalue weighted by Crippen LogP contribution is 2.43. The van der Waals surface area contributed by atoms with E-state index in [1.165, 1.54) is 51.4 Å². The van der Waals surface area contributed by atoms with E-state index in [1.54, 1.807) is 0 Å². The van der Waals surface area contributed by atoms with Crippen LogP contribution in [0, 0.1) is 0 Å². The van der Waals surface area contributed by atoms with Crippen molar-refractivity contribution >= 4 is 19.7 Å². The predicted octanol–water partition coefficient (Wildman–Crippen LogP) is 15.8. The lowest BCUT2D eigenvalue weighted by Gasteiger charge is -2.27. The number of phosphoric acid groups is 1. The fourth-order valence-electron chi connectivity index (χ4n) is 6.91. The van der Waals surface area contributed by atoms with Gasteiger partial charge < -0.3 is 19.4 Å². The number of unbranched alkanes of at least 4 members (excludes halogenated alkanes) is 16. The summed E-state index contributed by atoms with van der Waals surface area (Å²) in [6.07, 6.45) is 63.8. The van der Waals surface area contributed by atoms with Crippen molar-refractivity contribution in [3.8, 4) is 0 Å². The van der Waals surface area contributed by atoms with Crippen molar-refractivity contribution in [2.45, 2.75) is 206 Å². The molecule has 388 valence electrons. The summed E-state index contributed by atoms with van der Waals surface area (Å²) < 4.78 is 30.5. The first-order valence-electron chi connectivity index (χ1n) is 26.7. The minimum Gasteiger partial charge on any atom is -0.456 e. The van der Waals surface area contributed by atoms with Crippen LogP contribution >= 0.6 is 7.82 Å². The number of phosphoric ester groups is 1. The molecule has 10 heteroatoms. The van der Waals surface area contributed by atoms with Crippen molar-refractivity contribution in [3.05, 3.63) is 109 Å². The van der Waals surface area contributed by atoms with Crippen LogP contribution in [0.5, 0.6) is 0 Å². The first kappa shape index (κ1) is 64.7. The van der Waals surface area contributed by atoms with Gasteiger partial charge in [-0.15, -0.1) is 0 Å². The molecule has 0 heterocycles. The van der Waals surface area contributed by atoms with Crippen LogP contribution in [-0.2, 0) is 27.9 Å². The average Bonchev–Trinajstić information content (AvgIpc) is 3.29. The highest BCUT2D eigenvalue weighted by atomic mass is 31.2. The summed E-state index contributed by atoms with van der Waals surface area (Å²) in [6.45, 7) is 6.67. The maximum atomic E-state index is 13.4. The highest BCUT2D eigenvalue weighted by Gasteiger charge is 2.30. The number of ether oxygens (including phenoxy) is 1. The normalized spacial score (nSPS) is 14.8. The number of rotatable bonds is 46. The maximum absolute atomic E-state index is 13.4. The minimum atomic E-state index is -4.46. The van der Waals surface area contributed by atoms with E-state index in [2.05, 4.69) is 117 Å². The Balaban J connectivity index is 5.55. The molecule has 0 aliphatic heterocycles. The number of esters is 1. The average molecular weight is 968 g/mol. The van der Waals surface area contributed by atoms with Gasteiger partial charge in [0, 0.05) is 12.8 Å². The zero-order chi connectivity index (χ0) is 50.1. The van der Waals surface area contributed by atoms with Crippen molar-refractivity contribution < 1.29 is 37.3 Å². The second-order valence-electron chi connectivity index (χ2n) is 18.7. The van der Waals surface area contributed by atoms with E-state index in [4.69, 9.17) is 13.8 Å². The molecule has 0 aromatic heterocycles. The topological polar surface area (TPSA) is 111 Å². The van der Waals surface area contributed by atoms with Gasteiger partial charge in [0.1, 0.15) is 19.3 Å². The molecule has 0 aromatic carbocycles. The molecule has 0 saturated heterocycles. The van der Waals surface area contributed by atoms with Crippen molar-refractivity contribution in [2.24, 2.45) is 0 Å². The Bertz CT molecular complexity index is 1530. The van der Waals surface area contributed by atoms with Crippen molar-refractivity contribution in [3.63, 3.8) is 0 Å². The summed E-state index contributed by atoms with van der Waals surface area (Å²) in [5, 5.41) is 3.01.